The van der Waals surface area contributed by atoms with E-state index in [4.69, 9.17) is 4.74 Å². The van der Waals surface area contributed by atoms with E-state index in [0.717, 1.165) is 13.0 Å². The molecule has 0 saturated carbocycles. The minimum absolute atomic E-state index is 0.171. The van der Waals surface area contributed by atoms with Gasteiger partial charge in [-0.25, -0.2) is 4.39 Å². The Bertz CT molecular complexity index is 281. The lowest BCUT2D eigenvalue weighted by molar-refractivity contribution is 0.123. The highest BCUT2D eigenvalue weighted by Gasteiger charge is 2.23. The molecule has 0 radical (unpaired) electrons. The molecule has 0 amide bonds. The monoisotopic (exact) mass is 180 g/mol. The molecule has 0 aliphatic carbocycles. The summed E-state index contributed by atoms with van der Waals surface area (Å²) in [6.07, 6.45) is 1.39. The molecule has 0 bridgehead atoms. The normalized spacial score (nSPS) is 27.8. The summed E-state index contributed by atoms with van der Waals surface area (Å²) in [5, 5.41) is 0. The Morgan fingerprint density at radius 1 is 1.31 bits per heavy atom. The van der Waals surface area contributed by atoms with E-state index >= 15 is 0 Å². The lowest BCUT2D eigenvalue weighted by Crippen LogP contribution is -1.97. The number of ether oxygens (including phenoxy) is 1. The van der Waals surface area contributed by atoms with Crippen molar-refractivity contribution in [2.75, 3.05) is 6.61 Å². The van der Waals surface area contributed by atoms with Crippen LogP contribution in [0.5, 0.6) is 0 Å². The van der Waals surface area contributed by atoms with E-state index in [1.807, 2.05) is 12.1 Å². The van der Waals surface area contributed by atoms with Crippen molar-refractivity contribution >= 4 is 0 Å². The first-order chi connectivity index (χ1) is 6.25. The second-order valence-corrected chi connectivity index (χ2v) is 3.63. The van der Waals surface area contributed by atoms with E-state index in [2.05, 4.69) is 6.92 Å². The van der Waals surface area contributed by atoms with E-state index in [1.54, 1.807) is 0 Å². The first-order valence-electron chi connectivity index (χ1n) is 4.63. The van der Waals surface area contributed by atoms with Crippen molar-refractivity contribution in [3.8, 4) is 0 Å². The zero-order valence-corrected chi connectivity index (χ0v) is 7.66. The molecule has 2 atom stereocenters. The van der Waals surface area contributed by atoms with Crippen LogP contribution in [0, 0.1) is 5.82 Å². The standard InChI is InChI=1S/C11H13FO/c1-8-6-10(7-13-8)9-2-4-11(12)5-3-9/h2-5,8,10H,6-7H2,1H3/t8-,10+/m1/s1. The van der Waals surface area contributed by atoms with Crippen LogP contribution in [0.3, 0.4) is 0 Å². The van der Waals surface area contributed by atoms with Gasteiger partial charge in [0.2, 0.25) is 0 Å². The second kappa shape index (κ2) is 3.46. The maximum Gasteiger partial charge on any atom is 0.123 e. The number of rotatable bonds is 1. The van der Waals surface area contributed by atoms with Gasteiger partial charge in [-0.1, -0.05) is 12.1 Å². The molecule has 1 aromatic carbocycles. The summed E-state index contributed by atoms with van der Waals surface area (Å²) in [5.41, 5.74) is 1.19. The molecule has 1 nitrogen and oxygen atoms in total. The zero-order chi connectivity index (χ0) is 9.26. The van der Waals surface area contributed by atoms with Gasteiger partial charge in [-0.05, 0) is 31.0 Å². The van der Waals surface area contributed by atoms with Crippen LogP contribution in [0.1, 0.15) is 24.8 Å². The summed E-state index contributed by atoms with van der Waals surface area (Å²) < 4.78 is 18.1. The van der Waals surface area contributed by atoms with Crippen molar-refractivity contribution in [3.63, 3.8) is 0 Å². The topological polar surface area (TPSA) is 9.23 Å². The number of benzene rings is 1. The first kappa shape index (κ1) is 8.70. The van der Waals surface area contributed by atoms with Crippen molar-refractivity contribution in [2.24, 2.45) is 0 Å². The van der Waals surface area contributed by atoms with E-state index in [9.17, 15) is 4.39 Å². The van der Waals surface area contributed by atoms with Gasteiger partial charge >= 0.3 is 0 Å². The van der Waals surface area contributed by atoms with Crippen molar-refractivity contribution in [1.29, 1.82) is 0 Å². The Kier molecular flexibility index (Phi) is 2.32. The third-order valence-electron chi connectivity index (χ3n) is 2.54. The van der Waals surface area contributed by atoms with Gasteiger partial charge in [0.05, 0.1) is 12.7 Å². The fourth-order valence-electron chi connectivity index (χ4n) is 1.78. The average Bonchev–Trinajstić information content (AvgIpc) is 2.53. The molecule has 1 fully saturated rings. The predicted octanol–water partition coefficient (Wildman–Crippen LogP) is 2.72. The fraction of sp³-hybridized carbons (Fsp3) is 0.455. The molecule has 0 aromatic heterocycles. The van der Waals surface area contributed by atoms with Crippen molar-refractivity contribution in [1.82, 2.24) is 0 Å². The molecule has 2 rings (SSSR count). The van der Waals surface area contributed by atoms with Crippen LogP contribution in [0.25, 0.3) is 0 Å². The Morgan fingerprint density at radius 2 is 2.00 bits per heavy atom. The lowest BCUT2D eigenvalue weighted by Gasteiger charge is -2.06. The van der Waals surface area contributed by atoms with Gasteiger partial charge in [0.1, 0.15) is 5.82 Å². The molecule has 70 valence electrons. The largest absolute Gasteiger partial charge is 0.378 e. The summed E-state index contributed by atoms with van der Waals surface area (Å²) in [6.45, 7) is 2.84. The van der Waals surface area contributed by atoms with Crippen LogP contribution in [0.4, 0.5) is 4.39 Å². The maximum atomic E-state index is 12.6. The summed E-state index contributed by atoms with van der Waals surface area (Å²) in [4.78, 5) is 0. The molecule has 1 aliphatic heterocycles. The van der Waals surface area contributed by atoms with Crippen LogP contribution in [0.15, 0.2) is 24.3 Å². The molecular weight excluding hydrogens is 167 g/mol. The van der Waals surface area contributed by atoms with Crippen molar-refractivity contribution < 1.29 is 9.13 Å². The molecule has 0 unspecified atom stereocenters. The average molecular weight is 180 g/mol. The Morgan fingerprint density at radius 3 is 2.54 bits per heavy atom. The van der Waals surface area contributed by atoms with Gasteiger partial charge < -0.3 is 4.74 Å². The molecule has 0 N–H and O–H groups in total. The van der Waals surface area contributed by atoms with Gasteiger partial charge in [0.25, 0.3) is 0 Å². The smallest absolute Gasteiger partial charge is 0.123 e. The first-order valence-corrected chi connectivity index (χ1v) is 4.63. The highest BCUT2D eigenvalue weighted by molar-refractivity contribution is 5.21. The summed E-state index contributed by atoms with van der Waals surface area (Å²) in [5.74, 6) is 0.284. The zero-order valence-electron chi connectivity index (χ0n) is 7.66. The number of hydrogen-bond acceptors (Lipinski definition) is 1. The summed E-state index contributed by atoms with van der Waals surface area (Å²) in [6, 6.07) is 6.72. The van der Waals surface area contributed by atoms with E-state index in [0.29, 0.717) is 12.0 Å². The van der Waals surface area contributed by atoms with Crippen LogP contribution >= 0.6 is 0 Å². The van der Waals surface area contributed by atoms with E-state index in [1.165, 1.54) is 17.7 Å². The van der Waals surface area contributed by atoms with Gasteiger partial charge in [-0.3, -0.25) is 0 Å². The number of halogens is 1. The minimum Gasteiger partial charge on any atom is -0.378 e. The van der Waals surface area contributed by atoms with Crippen LogP contribution < -0.4 is 0 Å². The Labute approximate surface area is 77.5 Å². The minimum atomic E-state index is -0.171. The third-order valence-corrected chi connectivity index (χ3v) is 2.54. The fourth-order valence-corrected chi connectivity index (χ4v) is 1.78. The van der Waals surface area contributed by atoms with E-state index < -0.39 is 0 Å². The molecule has 13 heavy (non-hydrogen) atoms. The second-order valence-electron chi connectivity index (χ2n) is 3.63. The molecule has 0 spiro atoms. The highest BCUT2D eigenvalue weighted by Crippen LogP contribution is 2.28. The predicted molar refractivity (Wildman–Crippen MR) is 49.2 cm³/mol. The van der Waals surface area contributed by atoms with Gasteiger partial charge in [0, 0.05) is 5.92 Å². The summed E-state index contributed by atoms with van der Waals surface area (Å²) >= 11 is 0. The van der Waals surface area contributed by atoms with Crippen LogP contribution in [0.2, 0.25) is 0 Å². The number of hydrogen-bond donors (Lipinski definition) is 0. The Balaban J connectivity index is 2.13. The van der Waals surface area contributed by atoms with Crippen LogP contribution in [-0.2, 0) is 4.74 Å². The summed E-state index contributed by atoms with van der Waals surface area (Å²) in [7, 11) is 0. The molecule has 1 heterocycles. The highest BCUT2D eigenvalue weighted by atomic mass is 19.1. The lowest BCUT2D eigenvalue weighted by atomic mass is 9.97. The maximum absolute atomic E-state index is 12.6. The van der Waals surface area contributed by atoms with Crippen molar-refractivity contribution in [2.45, 2.75) is 25.4 Å². The molecular formula is C11H13FO. The van der Waals surface area contributed by atoms with Gasteiger partial charge in [-0.15, -0.1) is 0 Å². The molecule has 1 aromatic rings. The SMILES string of the molecule is C[C@@H]1C[C@H](c2ccc(F)cc2)CO1. The molecule has 2 heteroatoms. The quantitative estimate of drug-likeness (QED) is 0.645. The van der Waals surface area contributed by atoms with Gasteiger partial charge in [0.15, 0.2) is 0 Å². The molecule has 1 saturated heterocycles. The van der Waals surface area contributed by atoms with Gasteiger partial charge in [-0.2, -0.15) is 0 Å². The molecule has 1 aliphatic rings. The van der Waals surface area contributed by atoms with Crippen molar-refractivity contribution in [3.05, 3.63) is 35.6 Å². The van der Waals surface area contributed by atoms with Crippen LogP contribution in [-0.4, -0.2) is 12.7 Å². The van der Waals surface area contributed by atoms with E-state index in [-0.39, 0.29) is 5.82 Å². The Hall–Kier alpha value is -0.890. The third kappa shape index (κ3) is 1.89.